The van der Waals surface area contributed by atoms with Crippen LogP contribution in [0.15, 0.2) is 60.0 Å². The predicted octanol–water partition coefficient (Wildman–Crippen LogP) is 6.30. The van der Waals surface area contributed by atoms with E-state index in [0.717, 1.165) is 30.1 Å². The fourth-order valence-electron chi connectivity index (χ4n) is 5.38. The van der Waals surface area contributed by atoms with Crippen LogP contribution >= 0.6 is 11.3 Å². The summed E-state index contributed by atoms with van der Waals surface area (Å²) in [7, 11) is 2.13. The summed E-state index contributed by atoms with van der Waals surface area (Å²) in [6, 6.07) is 5.21. The number of carbonyl (C=O) groups excluding carboxylic acids is 2. The maximum Gasteiger partial charge on any atom is 0.416 e. The first-order valence-corrected chi connectivity index (χ1v) is 14.9. The Balaban J connectivity index is 1.33. The number of alkyl halides is 3. The minimum absolute atomic E-state index is 0.152. The highest BCUT2D eigenvalue weighted by molar-refractivity contribution is 7.09. The maximum absolute atomic E-state index is 13.5. The average Bonchev–Trinajstić information content (AvgIpc) is 3.62. The number of likely N-dealkylation sites (tertiary alicyclic amines) is 2. The lowest BCUT2D eigenvalue weighted by atomic mass is 9.94. The molecule has 3 heterocycles. The molecule has 1 aromatic heterocycles. The van der Waals surface area contributed by atoms with Crippen LogP contribution in [0.4, 0.5) is 13.2 Å². The molecule has 2 fully saturated rings. The van der Waals surface area contributed by atoms with Crippen LogP contribution in [0.25, 0.3) is 5.57 Å². The molecule has 10 heteroatoms. The van der Waals surface area contributed by atoms with Gasteiger partial charge in [-0.1, -0.05) is 30.9 Å². The standard InChI is InChI=1S/C31H37F3N4O2S/c1-4-5-8-26(21(2)22-9-11-24(12-10-22)31(32,33)34)30(40)38-18-14-23(15-19-38)29-36-27(20-41-29)28(39)35-16-13-25-7-6-17-37(25)3/h4-5,8-12,20,23,25H,2,6-7,13-19H2,1,3H3,(H,35,39)/b5-4-,26-8+. The Morgan fingerprint density at radius 2 is 1.85 bits per heavy atom. The van der Waals surface area contributed by atoms with Crippen molar-refractivity contribution in [3.05, 3.63) is 81.9 Å². The molecule has 0 spiro atoms. The summed E-state index contributed by atoms with van der Waals surface area (Å²) in [4.78, 5) is 34.9. The van der Waals surface area contributed by atoms with Crippen molar-refractivity contribution >= 4 is 28.7 Å². The zero-order chi connectivity index (χ0) is 29.6. The fourth-order valence-corrected chi connectivity index (χ4v) is 6.35. The normalized spacial score (nSPS) is 19.2. The summed E-state index contributed by atoms with van der Waals surface area (Å²) in [6.07, 6.45) is 5.45. The third kappa shape index (κ3) is 7.74. The van der Waals surface area contributed by atoms with Crippen molar-refractivity contribution in [2.75, 3.05) is 33.2 Å². The number of hydrogen-bond acceptors (Lipinski definition) is 5. The van der Waals surface area contributed by atoms with Crippen LogP contribution in [0, 0.1) is 0 Å². The van der Waals surface area contributed by atoms with E-state index in [-0.39, 0.29) is 17.7 Å². The second-order valence-corrected chi connectivity index (χ2v) is 11.5. The van der Waals surface area contributed by atoms with Gasteiger partial charge in [0.05, 0.1) is 10.6 Å². The largest absolute Gasteiger partial charge is 0.416 e. The van der Waals surface area contributed by atoms with E-state index in [1.165, 1.54) is 36.3 Å². The van der Waals surface area contributed by atoms with Crippen LogP contribution < -0.4 is 5.32 Å². The minimum atomic E-state index is -4.43. The van der Waals surface area contributed by atoms with Crippen molar-refractivity contribution < 1.29 is 22.8 Å². The van der Waals surface area contributed by atoms with Crippen LogP contribution in [0.2, 0.25) is 0 Å². The number of carbonyl (C=O) groups is 2. The Morgan fingerprint density at radius 3 is 2.46 bits per heavy atom. The van der Waals surface area contributed by atoms with E-state index < -0.39 is 11.7 Å². The summed E-state index contributed by atoms with van der Waals surface area (Å²) >= 11 is 1.48. The molecule has 41 heavy (non-hydrogen) atoms. The first-order valence-electron chi connectivity index (χ1n) is 14.0. The molecule has 4 rings (SSSR count). The summed E-state index contributed by atoms with van der Waals surface area (Å²) in [5.41, 5.74) is 0.868. The molecule has 1 aromatic carbocycles. The number of halogens is 3. The minimum Gasteiger partial charge on any atom is -0.351 e. The number of nitrogens with one attached hydrogen (secondary N) is 1. The quantitative estimate of drug-likeness (QED) is 0.277. The average molecular weight is 587 g/mol. The van der Waals surface area contributed by atoms with Gasteiger partial charge in [-0.05, 0) is 82.0 Å². The number of nitrogens with zero attached hydrogens (tertiary/aromatic N) is 3. The van der Waals surface area contributed by atoms with Gasteiger partial charge in [-0.3, -0.25) is 9.59 Å². The molecule has 2 amide bonds. The van der Waals surface area contributed by atoms with Crippen LogP contribution in [-0.4, -0.2) is 65.9 Å². The first kappa shape index (κ1) is 30.7. The number of thiazole rings is 1. The molecule has 6 nitrogen and oxygen atoms in total. The Morgan fingerprint density at radius 1 is 1.15 bits per heavy atom. The second kappa shape index (κ2) is 13.6. The van der Waals surface area contributed by atoms with E-state index in [9.17, 15) is 22.8 Å². The molecule has 0 radical (unpaired) electrons. The topological polar surface area (TPSA) is 65.5 Å². The van der Waals surface area contributed by atoms with Gasteiger partial charge in [0.25, 0.3) is 11.8 Å². The number of piperidine rings is 1. The zero-order valence-corrected chi connectivity index (χ0v) is 24.4. The molecule has 0 bridgehead atoms. The van der Waals surface area contributed by atoms with Crippen LogP contribution in [-0.2, 0) is 11.0 Å². The molecule has 2 saturated heterocycles. The predicted molar refractivity (Wildman–Crippen MR) is 157 cm³/mol. The Bertz CT molecular complexity index is 1290. The Kier molecular flexibility index (Phi) is 10.2. The number of amides is 2. The summed E-state index contributed by atoms with van der Waals surface area (Å²) in [5, 5.41) is 5.70. The number of aromatic nitrogens is 1. The van der Waals surface area contributed by atoms with Crippen molar-refractivity contribution in [2.45, 2.75) is 57.2 Å². The molecular weight excluding hydrogens is 549 g/mol. The molecule has 0 aliphatic carbocycles. The van der Waals surface area contributed by atoms with Crippen molar-refractivity contribution in [2.24, 2.45) is 0 Å². The van der Waals surface area contributed by atoms with Gasteiger partial charge < -0.3 is 15.1 Å². The van der Waals surface area contributed by atoms with Crippen LogP contribution in [0.5, 0.6) is 0 Å². The van der Waals surface area contributed by atoms with Crippen molar-refractivity contribution in [1.29, 1.82) is 0 Å². The van der Waals surface area contributed by atoms with Crippen molar-refractivity contribution in [1.82, 2.24) is 20.1 Å². The highest BCUT2D eigenvalue weighted by Crippen LogP contribution is 2.34. The molecule has 2 aromatic rings. The molecule has 220 valence electrons. The van der Waals surface area contributed by atoms with E-state index in [1.54, 1.807) is 28.5 Å². The number of benzene rings is 1. The van der Waals surface area contributed by atoms with E-state index in [0.29, 0.717) is 60.9 Å². The molecule has 1 N–H and O–H groups in total. The van der Waals surface area contributed by atoms with Gasteiger partial charge in [0, 0.05) is 42.5 Å². The lowest BCUT2D eigenvalue weighted by Crippen LogP contribution is -2.39. The Hall–Kier alpha value is -3.24. The van der Waals surface area contributed by atoms with Gasteiger partial charge in [-0.25, -0.2) is 4.98 Å². The highest BCUT2D eigenvalue weighted by Gasteiger charge is 2.31. The second-order valence-electron chi connectivity index (χ2n) is 10.6. The van der Waals surface area contributed by atoms with Gasteiger partial charge >= 0.3 is 6.18 Å². The number of allylic oxidation sites excluding steroid dienone is 3. The van der Waals surface area contributed by atoms with E-state index >= 15 is 0 Å². The van der Waals surface area contributed by atoms with Crippen LogP contribution in [0.3, 0.4) is 0 Å². The maximum atomic E-state index is 13.5. The number of rotatable bonds is 9. The zero-order valence-electron chi connectivity index (χ0n) is 23.5. The molecule has 0 saturated carbocycles. The van der Waals surface area contributed by atoms with Crippen molar-refractivity contribution in [3.63, 3.8) is 0 Å². The van der Waals surface area contributed by atoms with Gasteiger partial charge in [-0.2, -0.15) is 13.2 Å². The molecule has 2 aliphatic rings. The lowest BCUT2D eigenvalue weighted by Gasteiger charge is -2.32. The third-order valence-electron chi connectivity index (χ3n) is 7.89. The first-order chi connectivity index (χ1) is 19.6. The Labute approximate surface area is 243 Å². The van der Waals surface area contributed by atoms with Crippen LogP contribution in [0.1, 0.15) is 71.6 Å². The highest BCUT2D eigenvalue weighted by atomic mass is 32.1. The van der Waals surface area contributed by atoms with Gasteiger partial charge in [0.2, 0.25) is 0 Å². The van der Waals surface area contributed by atoms with Crippen molar-refractivity contribution in [3.8, 4) is 0 Å². The van der Waals surface area contributed by atoms with Gasteiger partial charge in [0.1, 0.15) is 5.69 Å². The van der Waals surface area contributed by atoms with E-state index in [2.05, 4.69) is 28.8 Å². The van der Waals surface area contributed by atoms with E-state index in [4.69, 9.17) is 0 Å². The van der Waals surface area contributed by atoms with Gasteiger partial charge in [0.15, 0.2) is 0 Å². The third-order valence-corrected chi connectivity index (χ3v) is 8.90. The van der Waals surface area contributed by atoms with Gasteiger partial charge in [-0.15, -0.1) is 11.3 Å². The molecule has 1 atom stereocenters. The SMILES string of the molecule is C=C(/C(=C\C=C/C)C(=O)N1CCC(c2nc(C(=O)NCCC3CCCN3C)cs2)CC1)c1ccc(C(F)(F)F)cc1. The molecule has 1 unspecified atom stereocenters. The summed E-state index contributed by atoms with van der Waals surface area (Å²) in [5.74, 6) is -0.210. The number of hydrogen-bond donors (Lipinski definition) is 1. The van der Waals surface area contributed by atoms with E-state index in [1.807, 2.05) is 6.92 Å². The molecule has 2 aliphatic heterocycles. The molecular formula is C31H37F3N4O2S. The lowest BCUT2D eigenvalue weighted by molar-refractivity contribution is -0.137. The monoisotopic (exact) mass is 586 g/mol. The smallest absolute Gasteiger partial charge is 0.351 e. The summed E-state index contributed by atoms with van der Waals surface area (Å²) < 4.78 is 39.0. The summed E-state index contributed by atoms with van der Waals surface area (Å²) in [6.45, 7) is 8.61. The fraction of sp³-hybridized carbons (Fsp3) is 0.452.